The molecule has 8 heteroatoms. The standard InChI is InChI=1S/C25H25FNO5P/c1-5-21(33(30)31-4)20(28)14-22(29)32-25-23(15(2)3)18-8-6-7-9-19(18)27-24(25)16-10-12-17(26)13-11-16/h1,6-13,15,20-21,28,33H,14H2,2-4H3. The van der Waals surface area contributed by atoms with E-state index in [9.17, 15) is 18.9 Å². The normalized spacial score (nSPS) is 14.0. The van der Waals surface area contributed by atoms with Crippen molar-refractivity contribution in [2.45, 2.75) is 37.9 Å². The van der Waals surface area contributed by atoms with Gasteiger partial charge in [-0.25, -0.2) is 9.37 Å². The zero-order chi connectivity index (χ0) is 24.1. The average molecular weight is 469 g/mol. The maximum absolute atomic E-state index is 13.5. The van der Waals surface area contributed by atoms with Crippen LogP contribution in [0.15, 0.2) is 48.5 Å². The van der Waals surface area contributed by atoms with E-state index in [0.29, 0.717) is 16.8 Å². The molecule has 3 unspecified atom stereocenters. The predicted molar refractivity (Wildman–Crippen MR) is 126 cm³/mol. The Kier molecular flexibility index (Phi) is 7.99. The first-order chi connectivity index (χ1) is 15.8. The number of para-hydroxylation sites is 1. The molecule has 2 aromatic carbocycles. The Balaban J connectivity index is 2.08. The van der Waals surface area contributed by atoms with E-state index in [-0.39, 0.29) is 11.7 Å². The van der Waals surface area contributed by atoms with E-state index in [0.717, 1.165) is 10.9 Å². The number of hydrogen-bond acceptors (Lipinski definition) is 6. The molecule has 1 N–H and O–H groups in total. The molecule has 3 aromatic rings. The molecule has 0 bridgehead atoms. The Morgan fingerprint density at radius 2 is 1.88 bits per heavy atom. The van der Waals surface area contributed by atoms with E-state index in [1.807, 2.05) is 38.1 Å². The van der Waals surface area contributed by atoms with Gasteiger partial charge in [-0.05, 0) is 36.2 Å². The van der Waals surface area contributed by atoms with Gasteiger partial charge >= 0.3 is 5.97 Å². The maximum Gasteiger partial charge on any atom is 0.313 e. The van der Waals surface area contributed by atoms with Crippen LogP contribution in [0.5, 0.6) is 5.75 Å². The summed E-state index contributed by atoms with van der Waals surface area (Å²) in [5, 5.41) is 11.2. The van der Waals surface area contributed by atoms with Crippen molar-refractivity contribution >= 4 is 24.9 Å². The summed E-state index contributed by atoms with van der Waals surface area (Å²) in [5.74, 6) is 1.23. The fraction of sp³-hybridized carbons (Fsp3) is 0.280. The lowest BCUT2D eigenvalue weighted by Gasteiger charge is -2.21. The third kappa shape index (κ3) is 5.48. The van der Waals surface area contributed by atoms with Gasteiger partial charge in [0.25, 0.3) is 0 Å². The van der Waals surface area contributed by atoms with Gasteiger partial charge in [0.1, 0.15) is 17.2 Å². The molecular formula is C25H25FNO5P. The fourth-order valence-corrected chi connectivity index (χ4v) is 4.43. The second-order valence-electron chi connectivity index (χ2n) is 7.79. The molecule has 1 heterocycles. The lowest BCUT2D eigenvalue weighted by atomic mass is 9.94. The Morgan fingerprint density at radius 3 is 2.48 bits per heavy atom. The van der Waals surface area contributed by atoms with E-state index < -0.39 is 38.0 Å². The van der Waals surface area contributed by atoms with E-state index in [2.05, 4.69) is 10.9 Å². The third-order valence-electron chi connectivity index (χ3n) is 5.19. The second kappa shape index (κ2) is 10.7. The highest BCUT2D eigenvalue weighted by molar-refractivity contribution is 7.40. The number of terminal acetylenes is 1. The van der Waals surface area contributed by atoms with Gasteiger partial charge < -0.3 is 14.4 Å². The Bertz CT molecular complexity index is 1220. The van der Waals surface area contributed by atoms with Gasteiger partial charge in [-0.15, -0.1) is 6.42 Å². The van der Waals surface area contributed by atoms with Crippen LogP contribution in [0, 0.1) is 18.2 Å². The van der Waals surface area contributed by atoms with Crippen LogP contribution in [0.25, 0.3) is 22.2 Å². The highest BCUT2D eigenvalue weighted by atomic mass is 31.1. The minimum atomic E-state index is -2.73. The van der Waals surface area contributed by atoms with Crippen LogP contribution in [-0.2, 0) is 13.9 Å². The number of nitrogens with zero attached hydrogens (tertiary/aromatic N) is 1. The summed E-state index contributed by atoms with van der Waals surface area (Å²) in [4.78, 5) is 17.5. The summed E-state index contributed by atoms with van der Waals surface area (Å²) in [5.41, 5.74) is 1.27. The number of benzene rings is 2. The lowest BCUT2D eigenvalue weighted by molar-refractivity contribution is -0.136. The molecular weight excluding hydrogens is 444 g/mol. The molecule has 0 amide bonds. The van der Waals surface area contributed by atoms with E-state index in [4.69, 9.17) is 15.7 Å². The number of aliphatic hydroxyl groups excluding tert-OH is 1. The van der Waals surface area contributed by atoms with Gasteiger partial charge in [0.2, 0.25) is 8.03 Å². The average Bonchev–Trinajstić information content (AvgIpc) is 2.79. The van der Waals surface area contributed by atoms with Crippen LogP contribution in [0.1, 0.15) is 31.7 Å². The number of esters is 1. The number of hydrogen-bond donors (Lipinski definition) is 1. The van der Waals surface area contributed by atoms with Crippen molar-refractivity contribution < 1.29 is 28.1 Å². The molecule has 33 heavy (non-hydrogen) atoms. The molecule has 0 aliphatic carbocycles. The summed E-state index contributed by atoms with van der Waals surface area (Å²) < 4.78 is 36.0. The van der Waals surface area contributed by atoms with Crippen LogP contribution < -0.4 is 4.74 Å². The van der Waals surface area contributed by atoms with Crippen LogP contribution in [-0.4, -0.2) is 34.9 Å². The zero-order valence-corrected chi connectivity index (χ0v) is 19.5. The van der Waals surface area contributed by atoms with Crippen molar-refractivity contribution in [3.63, 3.8) is 0 Å². The zero-order valence-electron chi connectivity index (χ0n) is 18.5. The summed E-state index contributed by atoms with van der Waals surface area (Å²) in [6.45, 7) is 3.92. The third-order valence-corrected chi connectivity index (χ3v) is 6.65. The van der Waals surface area contributed by atoms with Crippen molar-refractivity contribution in [3.05, 3.63) is 59.9 Å². The summed E-state index contributed by atoms with van der Waals surface area (Å²) in [6.07, 6.45) is 3.47. The summed E-state index contributed by atoms with van der Waals surface area (Å²) in [7, 11) is -1.51. The van der Waals surface area contributed by atoms with Crippen molar-refractivity contribution in [2.24, 2.45) is 0 Å². The maximum atomic E-state index is 13.5. The van der Waals surface area contributed by atoms with Crippen LogP contribution >= 0.6 is 8.03 Å². The van der Waals surface area contributed by atoms with Gasteiger partial charge in [-0.3, -0.25) is 9.36 Å². The first-order valence-electron chi connectivity index (χ1n) is 10.4. The molecule has 0 radical (unpaired) electrons. The Hall–Kier alpha value is -3.04. The number of aliphatic hydroxyl groups is 1. The van der Waals surface area contributed by atoms with Gasteiger partial charge in [0.15, 0.2) is 5.75 Å². The van der Waals surface area contributed by atoms with Crippen LogP contribution in [0.3, 0.4) is 0 Å². The molecule has 0 aliphatic heterocycles. The molecule has 1 aromatic heterocycles. The van der Waals surface area contributed by atoms with E-state index >= 15 is 0 Å². The number of carbonyl (C=O) groups excluding carboxylic acids is 1. The number of aromatic nitrogens is 1. The Labute approximate surface area is 192 Å². The van der Waals surface area contributed by atoms with E-state index in [1.54, 1.807) is 12.1 Å². The van der Waals surface area contributed by atoms with Gasteiger partial charge in [0, 0.05) is 23.6 Å². The molecule has 172 valence electrons. The number of rotatable bonds is 8. The van der Waals surface area contributed by atoms with E-state index in [1.165, 1.54) is 19.2 Å². The molecule has 0 fully saturated rings. The van der Waals surface area contributed by atoms with Gasteiger partial charge in [-0.1, -0.05) is 38.0 Å². The largest absolute Gasteiger partial charge is 0.424 e. The number of ether oxygens (including phenoxy) is 1. The second-order valence-corrected chi connectivity index (χ2v) is 9.46. The first kappa shape index (κ1) is 24.6. The monoisotopic (exact) mass is 469 g/mol. The molecule has 3 rings (SSSR count). The lowest BCUT2D eigenvalue weighted by Crippen LogP contribution is -2.27. The highest BCUT2D eigenvalue weighted by Crippen LogP contribution is 2.41. The molecule has 3 atom stereocenters. The fourth-order valence-electron chi connectivity index (χ4n) is 3.61. The molecule has 0 saturated heterocycles. The number of carbonyl (C=O) groups is 1. The number of pyridine rings is 1. The number of fused-ring (bicyclic) bond motifs is 1. The highest BCUT2D eigenvalue weighted by Gasteiger charge is 2.28. The number of halogens is 1. The summed E-state index contributed by atoms with van der Waals surface area (Å²) >= 11 is 0. The topological polar surface area (TPSA) is 85.7 Å². The van der Waals surface area contributed by atoms with Crippen LogP contribution in [0.4, 0.5) is 4.39 Å². The molecule has 0 saturated carbocycles. The minimum Gasteiger partial charge on any atom is -0.424 e. The van der Waals surface area contributed by atoms with Crippen LogP contribution in [0.2, 0.25) is 0 Å². The van der Waals surface area contributed by atoms with Gasteiger partial charge in [0.05, 0.1) is 18.0 Å². The van der Waals surface area contributed by atoms with Gasteiger partial charge in [-0.2, -0.15) is 0 Å². The van der Waals surface area contributed by atoms with Crippen molar-refractivity contribution in [1.82, 2.24) is 4.98 Å². The smallest absolute Gasteiger partial charge is 0.313 e. The van der Waals surface area contributed by atoms with Crippen molar-refractivity contribution in [3.8, 4) is 29.4 Å². The van der Waals surface area contributed by atoms with Crippen molar-refractivity contribution in [1.29, 1.82) is 0 Å². The predicted octanol–water partition coefficient (Wildman–Crippen LogP) is 4.94. The Morgan fingerprint density at radius 1 is 1.21 bits per heavy atom. The van der Waals surface area contributed by atoms with Crippen molar-refractivity contribution in [2.75, 3.05) is 7.11 Å². The summed E-state index contributed by atoms with van der Waals surface area (Å²) in [6, 6.07) is 13.2. The first-order valence-corrected chi connectivity index (χ1v) is 11.8. The SMILES string of the molecule is C#CC(C(O)CC(=O)Oc1c(-c2ccc(F)cc2)nc2ccccc2c1C(C)C)[PH](=O)OC. The molecule has 0 spiro atoms. The molecule has 6 nitrogen and oxygen atoms in total. The molecule has 0 aliphatic rings. The minimum absolute atomic E-state index is 0.0479. The quantitative estimate of drug-likeness (QED) is 0.286.